The lowest BCUT2D eigenvalue weighted by Gasteiger charge is -2.37. The van der Waals surface area contributed by atoms with E-state index in [2.05, 4.69) is 25.0 Å². The fourth-order valence-electron chi connectivity index (χ4n) is 2.98. The van der Waals surface area contributed by atoms with Crippen LogP contribution in [0.15, 0.2) is 35.6 Å². The number of aliphatic imine (C=N–C) groups is 1. The highest BCUT2D eigenvalue weighted by Crippen LogP contribution is 2.42. The Hall–Kier alpha value is -2.82. The Bertz CT molecular complexity index is 944. The highest BCUT2D eigenvalue weighted by Gasteiger charge is 2.45. The molecule has 2 heterocycles. The van der Waals surface area contributed by atoms with E-state index in [1.807, 2.05) is 0 Å². The smallest absolute Gasteiger partial charge is 0.275 e. The first-order chi connectivity index (χ1) is 13.7. The van der Waals surface area contributed by atoms with E-state index in [1.54, 1.807) is 6.92 Å². The second kappa shape index (κ2) is 8.27. The maximum atomic E-state index is 14.9. The molecule has 154 valence electrons. The molecule has 1 aromatic heterocycles. The summed E-state index contributed by atoms with van der Waals surface area (Å²) in [5, 5.41) is 2.18. The van der Waals surface area contributed by atoms with E-state index in [1.165, 1.54) is 19.1 Å². The highest BCUT2D eigenvalue weighted by molar-refractivity contribution is 8.14. The number of thioether (sulfide) groups is 1. The van der Waals surface area contributed by atoms with E-state index in [9.17, 15) is 18.0 Å². The monoisotopic (exact) mass is 425 g/mol. The van der Waals surface area contributed by atoms with E-state index in [4.69, 9.17) is 5.73 Å². The van der Waals surface area contributed by atoms with E-state index in [0.29, 0.717) is 0 Å². The van der Waals surface area contributed by atoms with Crippen molar-refractivity contribution < 1.29 is 22.7 Å². The number of amidine groups is 1. The van der Waals surface area contributed by atoms with E-state index >= 15 is 0 Å². The molecule has 0 saturated heterocycles. The van der Waals surface area contributed by atoms with Gasteiger partial charge in [0, 0.05) is 16.5 Å². The predicted molar refractivity (Wildman–Crippen MR) is 104 cm³/mol. The second-order valence-electron chi connectivity index (χ2n) is 6.46. The van der Waals surface area contributed by atoms with Crippen LogP contribution < -0.4 is 15.8 Å². The number of alkyl halides is 2. The molecule has 0 saturated carbocycles. The van der Waals surface area contributed by atoms with Crippen LogP contribution in [0.2, 0.25) is 0 Å². The van der Waals surface area contributed by atoms with Gasteiger partial charge in [-0.2, -0.15) is 0 Å². The third kappa shape index (κ3) is 4.29. The van der Waals surface area contributed by atoms with Crippen LogP contribution in [-0.4, -0.2) is 39.3 Å². The quantitative estimate of drug-likeness (QED) is 0.763. The largest absolute Gasteiger partial charge is 0.445 e. The Morgan fingerprint density at radius 1 is 1.38 bits per heavy atom. The fourth-order valence-corrected chi connectivity index (χ4v) is 3.99. The van der Waals surface area contributed by atoms with E-state index < -0.39 is 35.5 Å². The van der Waals surface area contributed by atoms with Crippen molar-refractivity contribution in [1.29, 1.82) is 0 Å². The molecule has 0 radical (unpaired) electrons. The summed E-state index contributed by atoms with van der Waals surface area (Å²) in [6.07, 6.45) is 0.709. The lowest BCUT2D eigenvalue weighted by molar-refractivity contribution is 0.102. The van der Waals surface area contributed by atoms with Gasteiger partial charge in [0.15, 0.2) is 5.17 Å². The van der Waals surface area contributed by atoms with Gasteiger partial charge in [0.05, 0.1) is 12.4 Å². The summed E-state index contributed by atoms with van der Waals surface area (Å²) >= 11 is 1.08. The number of halogens is 3. The fraction of sp³-hybridized carbons (Fsp3) is 0.333. The molecular weight excluding hydrogens is 407 g/mol. The number of amides is 1. The van der Waals surface area contributed by atoms with Crippen molar-refractivity contribution in [3.63, 3.8) is 0 Å². The van der Waals surface area contributed by atoms with Crippen molar-refractivity contribution in [3.8, 4) is 5.88 Å². The average molecular weight is 425 g/mol. The zero-order valence-electron chi connectivity index (χ0n) is 15.5. The maximum Gasteiger partial charge on any atom is 0.275 e. The molecule has 29 heavy (non-hydrogen) atoms. The molecular formula is C18H18F3N5O2S. The summed E-state index contributed by atoms with van der Waals surface area (Å²) in [5.41, 5.74) is 4.36. The lowest BCUT2D eigenvalue weighted by Crippen LogP contribution is -2.44. The van der Waals surface area contributed by atoms with Crippen LogP contribution in [0.4, 0.5) is 18.9 Å². The Balaban J connectivity index is 1.87. The molecule has 1 aromatic carbocycles. The van der Waals surface area contributed by atoms with Crippen LogP contribution in [0.25, 0.3) is 0 Å². The summed E-state index contributed by atoms with van der Waals surface area (Å²) in [4.78, 5) is 24.1. The number of hydrogen-bond donors (Lipinski definition) is 2. The zero-order valence-corrected chi connectivity index (χ0v) is 16.3. The van der Waals surface area contributed by atoms with Crippen LogP contribution in [-0.2, 0) is 5.54 Å². The number of nitrogens with one attached hydrogen (secondary N) is 1. The third-order valence-corrected chi connectivity index (χ3v) is 5.37. The van der Waals surface area contributed by atoms with E-state index in [0.717, 1.165) is 30.2 Å². The van der Waals surface area contributed by atoms with Crippen LogP contribution >= 0.6 is 11.8 Å². The minimum absolute atomic E-state index is 0.0318. The number of nitrogens with zero attached hydrogens (tertiary/aromatic N) is 3. The summed E-state index contributed by atoms with van der Waals surface area (Å²) in [5.74, 6) is -1.38. The summed E-state index contributed by atoms with van der Waals surface area (Å²) in [7, 11) is 0. The molecule has 11 heteroatoms. The number of ether oxygens (including phenoxy) is 1. The first kappa shape index (κ1) is 20.9. The number of aromatic nitrogens is 2. The van der Waals surface area contributed by atoms with Gasteiger partial charge < -0.3 is 15.8 Å². The third-order valence-electron chi connectivity index (χ3n) is 4.43. The van der Waals surface area contributed by atoms with Gasteiger partial charge in [-0.1, -0.05) is 11.8 Å². The minimum Gasteiger partial charge on any atom is -0.445 e. The Morgan fingerprint density at radius 3 is 2.79 bits per heavy atom. The zero-order chi connectivity index (χ0) is 21.2. The first-order valence-corrected chi connectivity index (χ1v) is 9.41. The van der Waals surface area contributed by atoms with Crippen LogP contribution in [0.3, 0.4) is 0 Å². The summed E-state index contributed by atoms with van der Waals surface area (Å²) in [6, 6.07) is 3.76. The standard InChI is InChI=1S/C18H18F3N5O2S/c1-9-15(21)18(2,26-17(22)29-9)11-5-10(3-4-12(11)20)25-16(27)13-6-24-14(7-23-13)28-8-19/h3-7,9,15H,8H2,1-2H3,(H2,22,26)(H,25,27)/t9-,15+,18+/m0/s1. The number of carbonyl (C=O) groups is 1. The van der Waals surface area contributed by atoms with Crippen molar-refractivity contribution in [2.45, 2.75) is 30.8 Å². The molecule has 1 amide bonds. The first-order valence-electron chi connectivity index (χ1n) is 8.53. The molecule has 2 aromatic rings. The molecule has 1 aliphatic heterocycles. The normalized spacial score (nSPS) is 24.0. The average Bonchev–Trinajstić information content (AvgIpc) is 2.68. The van der Waals surface area contributed by atoms with Crippen molar-refractivity contribution in [2.75, 3.05) is 12.2 Å². The number of hydrogen-bond acceptors (Lipinski definition) is 7. The lowest BCUT2D eigenvalue weighted by atomic mass is 9.85. The molecule has 3 rings (SSSR count). The van der Waals surface area contributed by atoms with Gasteiger partial charge in [0.2, 0.25) is 12.7 Å². The molecule has 3 atom stereocenters. The number of nitrogens with two attached hydrogens (primary N) is 1. The van der Waals surface area contributed by atoms with Gasteiger partial charge in [-0.15, -0.1) is 0 Å². The van der Waals surface area contributed by atoms with Gasteiger partial charge >= 0.3 is 0 Å². The minimum atomic E-state index is -1.54. The van der Waals surface area contributed by atoms with Crippen molar-refractivity contribution in [3.05, 3.63) is 47.7 Å². The molecule has 7 nitrogen and oxygen atoms in total. The topological polar surface area (TPSA) is 102 Å². The van der Waals surface area contributed by atoms with Gasteiger partial charge in [0.1, 0.15) is 23.2 Å². The van der Waals surface area contributed by atoms with Gasteiger partial charge in [-0.3, -0.25) is 4.79 Å². The maximum absolute atomic E-state index is 14.9. The van der Waals surface area contributed by atoms with Crippen LogP contribution in [0.5, 0.6) is 5.88 Å². The molecule has 3 N–H and O–H groups in total. The molecule has 0 unspecified atom stereocenters. The molecule has 1 aliphatic rings. The molecule has 0 bridgehead atoms. The summed E-state index contributed by atoms with van der Waals surface area (Å²) in [6.45, 7) is 2.03. The van der Waals surface area contributed by atoms with Crippen molar-refractivity contribution in [1.82, 2.24) is 9.97 Å². The number of benzene rings is 1. The molecule has 0 spiro atoms. The Morgan fingerprint density at radius 2 is 2.14 bits per heavy atom. The Kier molecular flexibility index (Phi) is 5.96. The van der Waals surface area contributed by atoms with E-state index in [-0.39, 0.29) is 28.0 Å². The molecule has 0 aliphatic carbocycles. The highest BCUT2D eigenvalue weighted by atomic mass is 32.2. The van der Waals surface area contributed by atoms with Crippen molar-refractivity contribution >= 4 is 28.5 Å². The predicted octanol–water partition coefficient (Wildman–Crippen LogP) is 3.18. The van der Waals surface area contributed by atoms with Gasteiger partial charge in [0.25, 0.3) is 5.91 Å². The Labute approximate surface area is 169 Å². The number of carbonyl (C=O) groups excluding carboxylic acids is 1. The van der Waals surface area contributed by atoms with Gasteiger partial charge in [-0.25, -0.2) is 28.1 Å². The number of rotatable bonds is 5. The van der Waals surface area contributed by atoms with Crippen molar-refractivity contribution in [2.24, 2.45) is 10.7 Å². The van der Waals surface area contributed by atoms with Crippen LogP contribution in [0, 0.1) is 5.82 Å². The summed E-state index contributed by atoms with van der Waals surface area (Å²) < 4.78 is 46.1. The SMILES string of the molecule is C[C@@H]1SC(N)=N[C@](C)(c2cc(NC(=O)c3cnc(OCF)cn3)ccc2F)[C@@H]1F. The second-order valence-corrected chi connectivity index (χ2v) is 7.86. The number of anilines is 1. The van der Waals surface area contributed by atoms with Gasteiger partial charge in [-0.05, 0) is 32.0 Å². The van der Waals surface area contributed by atoms with Crippen LogP contribution in [0.1, 0.15) is 29.9 Å². The molecule has 0 fully saturated rings.